The fraction of sp³-hybridized carbons (Fsp3) is 0.0435. The summed E-state index contributed by atoms with van der Waals surface area (Å²) in [5, 5.41) is 15.9. The molecule has 6 heteroatoms. The first kappa shape index (κ1) is 19.0. The highest BCUT2D eigenvalue weighted by Gasteiger charge is 2.32. The summed E-state index contributed by atoms with van der Waals surface area (Å²) in [6.45, 7) is 0. The minimum absolute atomic E-state index is 0.0418. The summed E-state index contributed by atoms with van der Waals surface area (Å²) in [6.07, 6.45) is 1.76. The Morgan fingerprint density at radius 2 is 1.83 bits per heavy atom. The molecule has 4 rings (SSSR count). The molecule has 0 saturated heterocycles. The van der Waals surface area contributed by atoms with Crippen molar-refractivity contribution < 1.29 is 14.6 Å². The molecule has 0 aromatic heterocycles. The van der Waals surface area contributed by atoms with E-state index in [9.17, 15) is 9.90 Å². The van der Waals surface area contributed by atoms with Gasteiger partial charge in [-0.15, -0.1) is 0 Å². The molecule has 0 saturated carbocycles. The van der Waals surface area contributed by atoms with E-state index < -0.39 is 0 Å². The number of methoxy groups -OCH3 is 1. The van der Waals surface area contributed by atoms with Crippen molar-refractivity contribution in [3.05, 3.63) is 94.0 Å². The molecule has 1 N–H and O–H groups in total. The van der Waals surface area contributed by atoms with Crippen LogP contribution in [0.3, 0.4) is 0 Å². The number of phenolic OH excluding ortho intramolecular Hbond substituents is 1. The van der Waals surface area contributed by atoms with E-state index in [1.807, 2.05) is 54.6 Å². The van der Waals surface area contributed by atoms with Gasteiger partial charge in [0.2, 0.25) is 0 Å². The van der Waals surface area contributed by atoms with Crippen molar-refractivity contribution in [3.8, 4) is 11.5 Å². The van der Waals surface area contributed by atoms with Crippen LogP contribution in [0.5, 0.6) is 11.5 Å². The quantitative estimate of drug-likeness (QED) is 0.571. The van der Waals surface area contributed by atoms with Crippen LogP contribution in [0.1, 0.15) is 11.1 Å². The number of amides is 1. The number of hydrazone groups is 1. The maximum absolute atomic E-state index is 13.3. The number of phenols is 1. The third-order valence-corrected chi connectivity index (χ3v) is 4.99. The molecule has 1 amide bonds. The molecular weight excluding hydrogens is 432 g/mol. The largest absolute Gasteiger partial charge is 0.504 e. The summed E-state index contributed by atoms with van der Waals surface area (Å²) in [5.41, 5.74) is 3.29. The Balaban J connectivity index is 1.83. The fourth-order valence-electron chi connectivity index (χ4n) is 3.09. The maximum Gasteiger partial charge on any atom is 0.281 e. The van der Waals surface area contributed by atoms with Crippen LogP contribution in [0.25, 0.3) is 6.08 Å². The average Bonchev–Trinajstić information content (AvgIpc) is 3.06. The number of anilines is 1. The van der Waals surface area contributed by atoms with Crippen molar-refractivity contribution in [1.82, 2.24) is 0 Å². The van der Waals surface area contributed by atoms with Crippen LogP contribution in [0.4, 0.5) is 5.69 Å². The van der Waals surface area contributed by atoms with E-state index in [1.54, 1.807) is 18.2 Å². The Hall–Kier alpha value is -3.38. The van der Waals surface area contributed by atoms with Gasteiger partial charge in [0, 0.05) is 10.0 Å². The second kappa shape index (κ2) is 7.93. The lowest BCUT2D eigenvalue weighted by atomic mass is 10.00. The van der Waals surface area contributed by atoms with E-state index in [1.165, 1.54) is 18.2 Å². The number of aromatic hydroxyl groups is 1. The molecule has 0 atom stereocenters. The number of halogens is 1. The first-order valence-electron chi connectivity index (χ1n) is 8.90. The topological polar surface area (TPSA) is 62.1 Å². The lowest BCUT2D eigenvalue weighted by Gasteiger charge is -2.11. The molecule has 0 bridgehead atoms. The molecule has 5 nitrogen and oxygen atoms in total. The van der Waals surface area contributed by atoms with E-state index >= 15 is 0 Å². The van der Waals surface area contributed by atoms with E-state index in [0.29, 0.717) is 22.7 Å². The molecule has 0 unspecified atom stereocenters. The van der Waals surface area contributed by atoms with Gasteiger partial charge in [-0.05, 0) is 42.0 Å². The zero-order valence-corrected chi connectivity index (χ0v) is 17.1. The predicted molar refractivity (Wildman–Crippen MR) is 117 cm³/mol. The molecule has 0 aliphatic carbocycles. The lowest BCUT2D eigenvalue weighted by molar-refractivity contribution is -0.114. The summed E-state index contributed by atoms with van der Waals surface area (Å²) in [4.78, 5) is 13.3. The van der Waals surface area contributed by atoms with Gasteiger partial charge in [0.05, 0.1) is 18.4 Å². The third kappa shape index (κ3) is 3.79. The van der Waals surface area contributed by atoms with E-state index in [0.717, 1.165) is 15.6 Å². The summed E-state index contributed by atoms with van der Waals surface area (Å²) >= 11 is 3.44. The Morgan fingerprint density at radius 3 is 2.55 bits per heavy atom. The van der Waals surface area contributed by atoms with Crippen molar-refractivity contribution in [2.45, 2.75) is 0 Å². The number of hydrogen-bond acceptors (Lipinski definition) is 4. The number of benzene rings is 3. The molecule has 1 heterocycles. The zero-order valence-electron chi connectivity index (χ0n) is 15.5. The van der Waals surface area contributed by atoms with Crippen LogP contribution in [0.2, 0.25) is 0 Å². The number of carbonyl (C=O) groups excluding carboxylic acids is 1. The number of rotatable bonds is 4. The molecule has 3 aromatic rings. The average molecular weight is 449 g/mol. The fourth-order valence-corrected chi connectivity index (χ4v) is 3.47. The predicted octanol–water partition coefficient (Wildman–Crippen LogP) is 5.00. The second-order valence-corrected chi connectivity index (χ2v) is 7.32. The highest BCUT2D eigenvalue weighted by molar-refractivity contribution is 9.10. The molecule has 0 radical (unpaired) electrons. The number of ether oxygens (including phenoxy) is 1. The third-order valence-electron chi connectivity index (χ3n) is 4.49. The van der Waals surface area contributed by atoms with Crippen LogP contribution in [-0.2, 0) is 4.79 Å². The SMILES string of the molecule is COc1cc(C=C2C(=O)N(c3cccc(Br)c3)N=C2c2ccccc2)ccc1O. The minimum atomic E-state index is -0.228. The van der Waals surface area contributed by atoms with Gasteiger partial charge >= 0.3 is 0 Å². The Bertz CT molecular complexity index is 1140. The van der Waals surface area contributed by atoms with Crippen LogP contribution < -0.4 is 9.75 Å². The van der Waals surface area contributed by atoms with Gasteiger partial charge in [-0.2, -0.15) is 10.1 Å². The standard InChI is InChI=1S/C23H17BrN2O3/c1-29-21-13-15(10-11-20(21)27)12-19-22(16-6-3-2-4-7-16)25-26(23(19)28)18-9-5-8-17(24)14-18/h2-14,27H,1H3. The van der Waals surface area contributed by atoms with E-state index in [4.69, 9.17) is 4.74 Å². The Labute approximate surface area is 176 Å². The zero-order chi connectivity index (χ0) is 20.4. The van der Waals surface area contributed by atoms with Gasteiger partial charge in [-0.25, -0.2) is 0 Å². The molecule has 1 aliphatic rings. The van der Waals surface area contributed by atoms with Crippen molar-refractivity contribution in [3.63, 3.8) is 0 Å². The first-order valence-corrected chi connectivity index (χ1v) is 9.69. The molecule has 29 heavy (non-hydrogen) atoms. The first-order chi connectivity index (χ1) is 14.1. The van der Waals surface area contributed by atoms with Crippen LogP contribution in [0.15, 0.2) is 87.9 Å². The van der Waals surface area contributed by atoms with Crippen molar-refractivity contribution in [2.24, 2.45) is 5.10 Å². The van der Waals surface area contributed by atoms with Gasteiger partial charge < -0.3 is 9.84 Å². The molecule has 0 spiro atoms. The van der Waals surface area contributed by atoms with Gasteiger partial charge in [0.25, 0.3) is 5.91 Å². The van der Waals surface area contributed by atoms with Gasteiger partial charge in [-0.1, -0.05) is 58.4 Å². The van der Waals surface area contributed by atoms with Crippen molar-refractivity contribution >= 4 is 39.3 Å². The summed E-state index contributed by atoms with van der Waals surface area (Å²) in [5.74, 6) is 0.154. The Morgan fingerprint density at radius 1 is 1.03 bits per heavy atom. The number of nitrogens with zero attached hydrogens (tertiary/aromatic N) is 2. The molecule has 144 valence electrons. The molecule has 3 aromatic carbocycles. The van der Waals surface area contributed by atoms with Crippen molar-refractivity contribution in [1.29, 1.82) is 0 Å². The maximum atomic E-state index is 13.3. The van der Waals surface area contributed by atoms with Crippen LogP contribution in [0, 0.1) is 0 Å². The highest BCUT2D eigenvalue weighted by Crippen LogP contribution is 2.31. The van der Waals surface area contributed by atoms with E-state index in [-0.39, 0.29) is 11.7 Å². The Kier molecular flexibility index (Phi) is 5.18. The van der Waals surface area contributed by atoms with Gasteiger partial charge in [0.15, 0.2) is 11.5 Å². The number of hydrogen-bond donors (Lipinski definition) is 1. The van der Waals surface area contributed by atoms with Crippen LogP contribution in [-0.4, -0.2) is 23.8 Å². The summed E-state index contributed by atoms with van der Waals surface area (Å²) < 4.78 is 6.04. The second-order valence-electron chi connectivity index (χ2n) is 6.40. The normalized spacial score (nSPS) is 15.0. The van der Waals surface area contributed by atoms with Gasteiger partial charge in [0.1, 0.15) is 5.71 Å². The smallest absolute Gasteiger partial charge is 0.281 e. The lowest BCUT2D eigenvalue weighted by Crippen LogP contribution is -2.21. The molecular formula is C23H17BrN2O3. The summed E-state index contributed by atoms with van der Waals surface area (Å²) in [7, 11) is 1.48. The summed E-state index contributed by atoms with van der Waals surface area (Å²) in [6, 6.07) is 21.9. The van der Waals surface area contributed by atoms with E-state index in [2.05, 4.69) is 21.0 Å². The molecule has 0 fully saturated rings. The van der Waals surface area contributed by atoms with Gasteiger partial charge in [-0.3, -0.25) is 4.79 Å². The monoisotopic (exact) mass is 448 g/mol. The molecule has 1 aliphatic heterocycles. The van der Waals surface area contributed by atoms with Crippen LogP contribution >= 0.6 is 15.9 Å². The number of carbonyl (C=O) groups is 1. The minimum Gasteiger partial charge on any atom is -0.504 e. The highest BCUT2D eigenvalue weighted by atomic mass is 79.9. The van der Waals surface area contributed by atoms with Crippen molar-refractivity contribution in [2.75, 3.05) is 12.1 Å².